The molecule has 9 nitrogen and oxygen atoms in total. The van der Waals surface area contributed by atoms with Crippen LogP contribution in [0.4, 0.5) is 10.5 Å². The van der Waals surface area contributed by atoms with Crippen LogP contribution < -0.4 is 21.9 Å². The molecule has 0 fully saturated rings. The molecule has 2 amide bonds. The second-order valence-corrected chi connectivity index (χ2v) is 8.11. The fourth-order valence-corrected chi connectivity index (χ4v) is 3.14. The Bertz CT molecular complexity index is 1060. The van der Waals surface area contributed by atoms with Crippen molar-refractivity contribution in [1.82, 2.24) is 14.5 Å². The zero-order valence-corrected chi connectivity index (χ0v) is 18.4. The van der Waals surface area contributed by atoms with Gasteiger partial charge in [-0.1, -0.05) is 0 Å². The maximum absolute atomic E-state index is 12.7. The summed E-state index contributed by atoms with van der Waals surface area (Å²) in [5, 5.41) is 5.71. The number of anilines is 1. The predicted molar refractivity (Wildman–Crippen MR) is 116 cm³/mol. The van der Waals surface area contributed by atoms with Gasteiger partial charge in [-0.05, 0) is 59.7 Å². The number of carbonyl (C=O) groups is 2. The quantitative estimate of drug-likeness (QED) is 0.748. The summed E-state index contributed by atoms with van der Waals surface area (Å²) < 4.78 is 7.87. The minimum absolute atomic E-state index is 0.0327. The fraction of sp³-hybridized carbons (Fsp3) is 0.524. The average molecular weight is 418 g/mol. The molecule has 164 valence electrons. The predicted octanol–water partition coefficient (Wildman–Crippen LogP) is 2.44. The Hall–Kier alpha value is -3.10. The Morgan fingerprint density at radius 1 is 1.10 bits per heavy atom. The number of rotatable bonds is 6. The van der Waals surface area contributed by atoms with Gasteiger partial charge in [0, 0.05) is 31.2 Å². The molecule has 30 heavy (non-hydrogen) atoms. The van der Waals surface area contributed by atoms with Crippen molar-refractivity contribution in [3.05, 3.63) is 39.0 Å². The van der Waals surface area contributed by atoms with Crippen molar-refractivity contribution >= 4 is 28.6 Å². The smallest absolute Gasteiger partial charge is 0.407 e. The molecule has 9 heteroatoms. The Kier molecular flexibility index (Phi) is 7.07. The lowest BCUT2D eigenvalue weighted by Gasteiger charge is -2.21. The van der Waals surface area contributed by atoms with E-state index in [-0.39, 0.29) is 24.6 Å². The first-order valence-corrected chi connectivity index (χ1v) is 10.0. The van der Waals surface area contributed by atoms with Gasteiger partial charge in [0.05, 0.1) is 10.9 Å². The monoisotopic (exact) mass is 418 g/mol. The van der Waals surface area contributed by atoms with E-state index in [0.717, 1.165) is 0 Å². The van der Waals surface area contributed by atoms with Crippen LogP contribution >= 0.6 is 0 Å². The molecule has 0 bridgehead atoms. The number of alkyl carbamates (subject to hydrolysis) is 1. The standard InChI is InChI=1S/C21H30N4O5/c1-7-24-16-10-9-14(12-15(16)18(27)25(8-2)20(24)29)23-17(26)11-13(3)22-19(28)30-21(4,5)6/h9-10,12-13H,7-8,11H2,1-6H3,(H,22,28)(H,23,26). The lowest BCUT2D eigenvalue weighted by Crippen LogP contribution is -2.39. The van der Waals surface area contributed by atoms with Gasteiger partial charge < -0.3 is 15.4 Å². The molecule has 1 atom stereocenters. The molecule has 0 aliphatic rings. The topological polar surface area (TPSA) is 111 Å². The number of hydrogen-bond acceptors (Lipinski definition) is 5. The van der Waals surface area contributed by atoms with E-state index in [0.29, 0.717) is 23.1 Å². The van der Waals surface area contributed by atoms with E-state index in [1.165, 1.54) is 9.13 Å². The van der Waals surface area contributed by atoms with Crippen molar-refractivity contribution in [2.75, 3.05) is 5.32 Å². The van der Waals surface area contributed by atoms with Crippen LogP contribution in [0.15, 0.2) is 27.8 Å². The molecule has 0 saturated carbocycles. The van der Waals surface area contributed by atoms with Crippen LogP contribution in [0, 0.1) is 0 Å². The van der Waals surface area contributed by atoms with Crippen LogP contribution in [0.1, 0.15) is 48.0 Å². The van der Waals surface area contributed by atoms with Gasteiger partial charge in [-0.15, -0.1) is 0 Å². The highest BCUT2D eigenvalue weighted by Crippen LogP contribution is 2.16. The summed E-state index contributed by atoms with van der Waals surface area (Å²) in [5.41, 5.74) is -0.398. The van der Waals surface area contributed by atoms with Crippen molar-refractivity contribution in [3.8, 4) is 0 Å². The number of nitrogens with one attached hydrogen (secondary N) is 2. The number of nitrogens with zero attached hydrogens (tertiary/aromatic N) is 2. The Labute approximate surface area is 175 Å². The largest absolute Gasteiger partial charge is 0.444 e. The summed E-state index contributed by atoms with van der Waals surface area (Å²) in [4.78, 5) is 49.3. The third-order valence-electron chi connectivity index (χ3n) is 4.40. The Morgan fingerprint density at radius 3 is 2.30 bits per heavy atom. The number of amides is 2. The van der Waals surface area contributed by atoms with E-state index < -0.39 is 23.3 Å². The molecular formula is C21H30N4O5. The Morgan fingerprint density at radius 2 is 1.73 bits per heavy atom. The second kappa shape index (κ2) is 9.15. The molecule has 2 aromatic rings. The fourth-order valence-electron chi connectivity index (χ4n) is 3.14. The highest BCUT2D eigenvalue weighted by atomic mass is 16.6. The third kappa shape index (κ3) is 5.49. The molecular weight excluding hydrogens is 388 g/mol. The van der Waals surface area contributed by atoms with E-state index in [9.17, 15) is 19.2 Å². The zero-order chi connectivity index (χ0) is 22.6. The van der Waals surface area contributed by atoms with Gasteiger partial charge in [0.2, 0.25) is 5.91 Å². The first-order valence-electron chi connectivity index (χ1n) is 10.0. The van der Waals surface area contributed by atoms with E-state index in [1.807, 2.05) is 6.92 Å². The van der Waals surface area contributed by atoms with Crippen molar-refractivity contribution in [1.29, 1.82) is 0 Å². The lowest BCUT2D eigenvalue weighted by molar-refractivity contribution is -0.116. The molecule has 1 unspecified atom stereocenters. The lowest BCUT2D eigenvalue weighted by atomic mass is 10.2. The van der Waals surface area contributed by atoms with Crippen LogP contribution in [0.5, 0.6) is 0 Å². The number of hydrogen-bond donors (Lipinski definition) is 2. The number of aromatic nitrogens is 2. The van der Waals surface area contributed by atoms with Crippen LogP contribution in [0.3, 0.4) is 0 Å². The first kappa shape index (κ1) is 23.2. The van der Waals surface area contributed by atoms with Gasteiger partial charge in [-0.2, -0.15) is 0 Å². The molecule has 1 heterocycles. The number of carbonyl (C=O) groups excluding carboxylic acids is 2. The highest BCUT2D eigenvalue weighted by molar-refractivity contribution is 5.94. The van der Waals surface area contributed by atoms with Gasteiger partial charge in [0.15, 0.2) is 0 Å². The Balaban J connectivity index is 2.18. The molecule has 0 saturated heterocycles. The number of ether oxygens (including phenoxy) is 1. The van der Waals surface area contributed by atoms with Crippen LogP contribution in [0.2, 0.25) is 0 Å². The SMILES string of the molecule is CCn1c(=O)c2cc(NC(=O)CC(C)NC(=O)OC(C)(C)C)ccc2n(CC)c1=O. The zero-order valence-electron chi connectivity index (χ0n) is 18.4. The van der Waals surface area contributed by atoms with E-state index in [2.05, 4.69) is 10.6 Å². The number of benzene rings is 1. The third-order valence-corrected chi connectivity index (χ3v) is 4.40. The van der Waals surface area contributed by atoms with Crippen molar-refractivity contribution < 1.29 is 14.3 Å². The molecule has 1 aromatic heterocycles. The maximum Gasteiger partial charge on any atom is 0.407 e. The van der Waals surface area contributed by atoms with Crippen LogP contribution in [0.25, 0.3) is 10.9 Å². The molecule has 2 N–H and O–H groups in total. The molecule has 1 aromatic carbocycles. The van der Waals surface area contributed by atoms with Crippen molar-refractivity contribution in [2.45, 2.75) is 72.7 Å². The van der Waals surface area contributed by atoms with Gasteiger partial charge >= 0.3 is 11.8 Å². The molecule has 0 aliphatic heterocycles. The van der Waals surface area contributed by atoms with Gasteiger partial charge in [0.1, 0.15) is 5.60 Å². The van der Waals surface area contributed by atoms with E-state index >= 15 is 0 Å². The number of fused-ring (bicyclic) bond motifs is 1. The minimum Gasteiger partial charge on any atom is -0.444 e. The summed E-state index contributed by atoms with van der Waals surface area (Å²) in [5.74, 6) is -0.322. The summed E-state index contributed by atoms with van der Waals surface area (Å²) in [6.07, 6.45) is -0.559. The summed E-state index contributed by atoms with van der Waals surface area (Å²) in [6, 6.07) is 4.43. The molecule has 0 aliphatic carbocycles. The van der Waals surface area contributed by atoms with Gasteiger partial charge in [-0.3, -0.25) is 18.7 Å². The molecule has 0 spiro atoms. The molecule has 0 radical (unpaired) electrons. The van der Waals surface area contributed by atoms with Gasteiger partial charge in [-0.25, -0.2) is 9.59 Å². The maximum atomic E-state index is 12.7. The minimum atomic E-state index is -0.623. The summed E-state index contributed by atoms with van der Waals surface area (Å²) in [6.45, 7) is 11.2. The van der Waals surface area contributed by atoms with Gasteiger partial charge in [0.25, 0.3) is 5.56 Å². The second-order valence-electron chi connectivity index (χ2n) is 8.11. The first-order chi connectivity index (χ1) is 14.0. The van der Waals surface area contributed by atoms with Crippen LogP contribution in [-0.4, -0.2) is 32.8 Å². The van der Waals surface area contributed by atoms with Crippen molar-refractivity contribution in [3.63, 3.8) is 0 Å². The van der Waals surface area contributed by atoms with E-state index in [4.69, 9.17) is 4.74 Å². The highest BCUT2D eigenvalue weighted by Gasteiger charge is 2.19. The normalized spacial score (nSPS) is 12.5. The van der Waals surface area contributed by atoms with Crippen molar-refractivity contribution in [2.24, 2.45) is 0 Å². The number of aryl methyl sites for hydroxylation is 1. The van der Waals surface area contributed by atoms with E-state index in [1.54, 1.807) is 52.8 Å². The molecule has 2 rings (SSSR count). The summed E-state index contributed by atoms with van der Waals surface area (Å²) in [7, 11) is 0. The average Bonchev–Trinajstić information content (AvgIpc) is 2.61. The summed E-state index contributed by atoms with van der Waals surface area (Å²) >= 11 is 0. The van der Waals surface area contributed by atoms with Crippen LogP contribution in [-0.2, 0) is 22.6 Å².